The molecule has 0 atom stereocenters. The zero-order chi connectivity index (χ0) is 12.4. The van der Waals surface area contributed by atoms with Crippen molar-refractivity contribution in [1.82, 2.24) is 4.98 Å². The van der Waals surface area contributed by atoms with Crippen molar-refractivity contribution in [1.29, 1.82) is 0 Å². The summed E-state index contributed by atoms with van der Waals surface area (Å²) >= 11 is 3.52. The molecule has 0 aliphatic heterocycles. The fraction of sp³-hybridized carbons (Fsp3) is 0. The molecule has 0 aliphatic carbocycles. The van der Waals surface area contributed by atoms with Gasteiger partial charge in [0.2, 0.25) is 0 Å². The Labute approximate surface area is 114 Å². The van der Waals surface area contributed by atoms with Crippen molar-refractivity contribution in [3.8, 4) is 0 Å². The lowest BCUT2D eigenvalue weighted by Crippen LogP contribution is -1.92. The summed E-state index contributed by atoms with van der Waals surface area (Å²) in [6, 6.07) is 18.2. The van der Waals surface area contributed by atoms with Crippen LogP contribution in [0.2, 0.25) is 0 Å². The first-order chi connectivity index (χ1) is 8.83. The van der Waals surface area contributed by atoms with Crippen molar-refractivity contribution in [3.63, 3.8) is 0 Å². The molecule has 2 nitrogen and oxygen atoms in total. The fourth-order valence-electron chi connectivity index (χ4n) is 1.86. The number of nitrogens with one attached hydrogen (secondary N) is 1. The van der Waals surface area contributed by atoms with Gasteiger partial charge in [0.05, 0.1) is 23.1 Å². The van der Waals surface area contributed by atoms with Crippen molar-refractivity contribution < 1.29 is 0 Å². The van der Waals surface area contributed by atoms with Gasteiger partial charge in [-0.1, -0.05) is 30.3 Å². The monoisotopic (exact) mass is 298 g/mol. The summed E-state index contributed by atoms with van der Waals surface area (Å²) < 4.78 is 1.04. The minimum Gasteiger partial charge on any atom is -0.353 e. The van der Waals surface area contributed by atoms with Crippen LogP contribution in [0.3, 0.4) is 0 Å². The van der Waals surface area contributed by atoms with Crippen LogP contribution in [0.25, 0.3) is 10.9 Å². The van der Waals surface area contributed by atoms with Gasteiger partial charge in [0, 0.05) is 9.86 Å². The molecule has 88 valence electrons. The van der Waals surface area contributed by atoms with Crippen LogP contribution in [0.1, 0.15) is 0 Å². The molecule has 3 heteroatoms. The van der Waals surface area contributed by atoms with E-state index in [-0.39, 0.29) is 0 Å². The summed E-state index contributed by atoms with van der Waals surface area (Å²) in [4.78, 5) is 4.43. The summed E-state index contributed by atoms with van der Waals surface area (Å²) in [6.07, 6.45) is 1.85. The Bertz CT molecular complexity index is 695. The highest BCUT2D eigenvalue weighted by molar-refractivity contribution is 9.10. The number of anilines is 2. The van der Waals surface area contributed by atoms with E-state index in [0.29, 0.717) is 0 Å². The molecule has 0 aliphatic rings. The summed E-state index contributed by atoms with van der Waals surface area (Å²) in [7, 11) is 0. The molecule has 0 bridgehead atoms. The molecule has 1 heterocycles. The van der Waals surface area contributed by atoms with E-state index in [1.807, 2.05) is 48.7 Å². The third kappa shape index (κ3) is 2.22. The number of hydrogen-bond donors (Lipinski definition) is 1. The Morgan fingerprint density at radius 3 is 2.61 bits per heavy atom. The van der Waals surface area contributed by atoms with Gasteiger partial charge in [0.15, 0.2) is 0 Å². The second kappa shape index (κ2) is 4.78. The molecule has 0 fully saturated rings. The number of benzene rings is 2. The van der Waals surface area contributed by atoms with E-state index in [4.69, 9.17) is 0 Å². The number of nitrogens with zero attached hydrogens (tertiary/aromatic N) is 1. The minimum absolute atomic E-state index is 0.987. The Morgan fingerprint density at radius 2 is 1.72 bits per heavy atom. The van der Waals surface area contributed by atoms with Crippen molar-refractivity contribution in [3.05, 3.63) is 65.3 Å². The number of halogens is 1. The third-order valence-corrected chi connectivity index (χ3v) is 3.43. The van der Waals surface area contributed by atoms with Crippen molar-refractivity contribution in [2.24, 2.45) is 0 Å². The second-order valence-electron chi connectivity index (χ2n) is 4.02. The van der Waals surface area contributed by atoms with E-state index in [1.54, 1.807) is 0 Å². The molecule has 0 radical (unpaired) electrons. The van der Waals surface area contributed by atoms with Crippen molar-refractivity contribution >= 4 is 38.2 Å². The number of fused-ring (bicyclic) bond motifs is 1. The van der Waals surface area contributed by atoms with Crippen LogP contribution in [0.15, 0.2) is 65.3 Å². The van der Waals surface area contributed by atoms with Gasteiger partial charge in [-0.2, -0.15) is 0 Å². The molecule has 0 amide bonds. The van der Waals surface area contributed by atoms with Gasteiger partial charge in [-0.05, 0) is 40.2 Å². The van der Waals surface area contributed by atoms with Gasteiger partial charge < -0.3 is 5.32 Å². The van der Waals surface area contributed by atoms with Crippen molar-refractivity contribution in [2.75, 3.05) is 5.32 Å². The number of pyridine rings is 1. The maximum atomic E-state index is 4.43. The standard InChI is InChI=1S/C15H11BrN2/c16-13-6-2-4-8-15(13)18-12-9-11-5-1-3-7-14(11)17-10-12/h1-10,18H. The fourth-order valence-corrected chi connectivity index (χ4v) is 2.24. The van der Waals surface area contributed by atoms with Gasteiger partial charge >= 0.3 is 0 Å². The first-order valence-electron chi connectivity index (χ1n) is 5.69. The Morgan fingerprint density at radius 1 is 0.944 bits per heavy atom. The highest BCUT2D eigenvalue weighted by Gasteiger charge is 2.00. The van der Waals surface area contributed by atoms with Gasteiger partial charge in [-0.3, -0.25) is 4.98 Å². The van der Waals surface area contributed by atoms with E-state index in [0.717, 1.165) is 26.8 Å². The highest BCUT2D eigenvalue weighted by Crippen LogP contribution is 2.26. The maximum absolute atomic E-state index is 4.43. The van der Waals surface area contributed by atoms with E-state index < -0.39 is 0 Å². The predicted octanol–water partition coefficient (Wildman–Crippen LogP) is 4.74. The number of rotatable bonds is 2. The second-order valence-corrected chi connectivity index (χ2v) is 4.88. The maximum Gasteiger partial charge on any atom is 0.0703 e. The van der Waals surface area contributed by atoms with Crippen LogP contribution >= 0.6 is 15.9 Å². The molecule has 2 aromatic carbocycles. The third-order valence-electron chi connectivity index (χ3n) is 2.74. The largest absolute Gasteiger partial charge is 0.353 e. The molecular formula is C15H11BrN2. The number of aromatic nitrogens is 1. The average molecular weight is 299 g/mol. The van der Waals surface area contributed by atoms with Crippen LogP contribution < -0.4 is 5.32 Å². The van der Waals surface area contributed by atoms with Crippen LogP contribution in [0.4, 0.5) is 11.4 Å². The van der Waals surface area contributed by atoms with E-state index in [2.05, 4.69) is 38.4 Å². The quantitative estimate of drug-likeness (QED) is 0.739. The summed E-state index contributed by atoms with van der Waals surface area (Å²) in [6.45, 7) is 0. The molecule has 3 rings (SSSR count). The van der Waals surface area contributed by atoms with Crippen LogP contribution in [-0.2, 0) is 0 Å². The molecule has 18 heavy (non-hydrogen) atoms. The van der Waals surface area contributed by atoms with Crippen LogP contribution in [0.5, 0.6) is 0 Å². The molecule has 0 saturated carbocycles. The van der Waals surface area contributed by atoms with E-state index in [1.165, 1.54) is 0 Å². The molecule has 1 aromatic heterocycles. The molecule has 0 saturated heterocycles. The van der Waals surface area contributed by atoms with Gasteiger partial charge in [-0.25, -0.2) is 0 Å². The molecule has 1 N–H and O–H groups in total. The minimum atomic E-state index is 0.987. The van der Waals surface area contributed by atoms with Gasteiger partial charge in [0.1, 0.15) is 0 Å². The van der Waals surface area contributed by atoms with Gasteiger partial charge in [0.25, 0.3) is 0 Å². The Balaban J connectivity index is 1.98. The highest BCUT2D eigenvalue weighted by atomic mass is 79.9. The summed E-state index contributed by atoms with van der Waals surface area (Å²) in [5, 5.41) is 4.49. The smallest absolute Gasteiger partial charge is 0.0703 e. The SMILES string of the molecule is Brc1ccccc1Nc1cnc2ccccc2c1. The number of para-hydroxylation sites is 2. The molecule has 0 spiro atoms. The Kier molecular flexibility index (Phi) is 2.99. The normalized spacial score (nSPS) is 10.5. The lowest BCUT2D eigenvalue weighted by molar-refractivity contribution is 1.39. The predicted molar refractivity (Wildman–Crippen MR) is 79.2 cm³/mol. The zero-order valence-electron chi connectivity index (χ0n) is 9.60. The summed E-state index contributed by atoms with van der Waals surface area (Å²) in [5.41, 5.74) is 3.03. The van der Waals surface area contributed by atoms with Crippen molar-refractivity contribution in [2.45, 2.75) is 0 Å². The first-order valence-corrected chi connectivity index (χ1v) is 6.48. The number of hydrogen-bond acceptors (Lipinski definition) is 2. The molecule has 3 aromatic rings. The molecular weight excluding hydrogens is 288 g/mol. The average Bonchev–Trinajstić information content (AvgIpc) is 2.41. The molecule has 0 unspecified atom stereocenters. The lowest BCUT2D eigenvalue weighted by atomic mass is 10.2. The van der Waals surface area contributed by atoms with E-state index >= 15 is 0 Å². The zero-order valence-corrected chi connectivity index (χ0v) is 11.2. The first kappa shape index (κ1) is 11.2. The Hall–Kier alpha value is -1.87. The van der Waals surface area contributed by atoms with Gasteiger partial charge in [-0.15, -0.1) is 0 Å². The van der Waals surface area contributed by atoms with E-state index in [9.17, 15) is 0 Å². The van der Waals surface area contributed by atoms with Crippen LogP contribution in [0, 0.1) is 0 Å². The summed E-state index contributed by atoms with van der Waals surface area (Å²) in [5.74, 6) is 0. The lowest BCUT2D eigenvalue weighted by Gasteiger charge is -2.08. The topological polar surface area (TPSA) is 24.9 Å². The van der Waals surface area contributed by atoms with Crippen LogP contribution in [-0.4, -0.2) is 4.98 Å².